The third-order valence-corrected chi connectivity index (χ3v) is 3.89. The van der Waals surface area contributed by atoms with Gasteiger partial charge in [-0.1, -0.05) is 12.1 Å². The Balaban J connectivity index is 1.76. The van der Waals surface area contributed by atoms with E-state index in [2.05, 4.69) is 31.3 Å². The van der Waals surface area contributed by atoms with E-state index in [4.69, 9.17) is 14.6 Å². The summed E-state index contributed by atoms with van der Waals surface area (Å²) in [5.74, 6) is 0.892. The van der Waals surface area contributed by atoms with Gasteiger partial charge < -0.3 is 19.9 Å². The number of hydrogen-bond donors (Lipinski definition) is 2. The summed E-state index contributed by atoms with van der Waals surface area (Å²) < 4.78 is 11.3. The predicted octanol–water partition coefficient (Wildman–Crippen LogP) is 2.50. The van der Waals surface area contributed by atoms with Gasteiger partial charge in [0.2, 0.25) is 0 Å². The highest BCUT2D eigenvalue weighted by Crippen LogP contribution is 2.17. The van der Waals surface area contributed by atoms with Gasteiger partial charge in [-0.05, 0) is 50.8 Å². The van der Waals surface area contributed by atoms with E-state index in [-0.39, 0.29) is 18.2 Å². The van der Waals surface area contributed by atoms with Crippen molar-refractivity contribution in [3.63, 3.8) is 0 Å². The molecule has 4 heteroatoms. The van der Waals surface area contributed by atoms with Crippen LogP contribution >= 0.6 is 0 Å². The maximum atomic E-state index is 9.02. The minimum Gasteiger partial charge on any atom is -0.491 e. The summed E-state index contributed by atoms with van der Waals surface area (Å²) in [4.78, 5) is 0. The van der Waals surface area contributed by atoms with E-state index < -0.39 is 0 Å². The standard InChI is InChI=1S/C17H27NO3/c1-17(2,9-10-19)18-12-14-5-7-15(8-6-14)21-13-16-4-3-11-20-16/h5-8,16,18-19H,3-4,9-13H2,1-2H3. The van der Waals surface area contributed by atoms with Crippen LogP contribution in [0.1, 0.15) is 38.7 Å². The van der Waals surface area contributed by atoms with E-state index in [1.807, 2.05) is 12.1 Å². The summed E-state index contributed by atoms with van der Waals surface area (Å²) in [5.41, 5.74) is 1.16. The zero-order valence-electron chi connectivity index (χ0n) is 13.1. The van der Waals surface area contributed by atoms with E-state index >= 15 is 0 Å². The molecule has 1 aromatic carbocycles. The lowest BCUT2D eigenvalue weighted by Crippen LogP contribution is -2.39. The summed E-state index contributed by atoms with van der Waals surface area (Å²) >= 11 is 0. The Hall–Kier alpha value is -1.10. The lowest BCUT2D eigenvalue weighted by molar-refractivity contribution is 0.0679. The molecule has 1 aliphatic heterocycles. The Kier molecular flexibility index (Phi) is 6.03. The van der Waals surface area contributed by atoms with E-state index in [0.717, 1.165) is 38.2 Å². The van der Waals surface area contributed by atoms with E-state index in [1.54, 1.807) is 0 Å². The molecule has 4 nitrogen and oxygen atoms in total. The molecule has 1 aromatic rings. The topological polar surface area (TPSA) is 50.7 Å². The average molecular weight is 293 g/mol. The van der Waals surface area contributed by atoms with E-state index in [9.17, 15) is 0 Å². The van der Waals surface area contributed by atoms with Crippen molar-refractivity contribution >= 4 is 0 Å². The largest absolute Gasteiger partial charge is 0.491 e. The first-order valence-electron chi connectivity index (χ1n) is 7.78. The minimum absolute atomic E-state index is 0.0519. The number of rotatable bonds is 8. The molecule has 1 heterocycles. The van der Waals surface area contributed by atoms with Crippen LogP contribution in [0.3, 0.4) is 0 Å². The molecular weight excluding hydrogens is 266 g/mol. The zero-order valence-corrected chi connectivity index (χ0v) is 13.1. The molecule has 0 amide bonds. The van der Waals surface area contributed by atoms with Crippen molar-refractivity contribution in [2.45, 2.75) is 51.3 Å². The molecule has 0 spiro atoms. The van der Waals surface area contributed by atoms with Gasteiger partial charge in [-0.25, -0.2) is 0 Å². The molecule has 1 atom stereocenters. The minimum atomic E-state index is -0.0519. The zero-order chi connectivity index (χ0) is 15.1. The summed E-state index contributed by atoms with van der Waals surface area (Å²) in [6, 6.07) is 8.16. The van der Waals surface area contributed by atoms with Gasteiger partial charge >= 0.3 is 0 Å². The molecule has 21 heavy (non-hydrogen) atoms. The Morgan fingerprint density at radius 1 is 1.33 bits per heavy atom. The van der Waals surface area contributed by atoms with Crippen molar-refractivity contribution < 1.29 is 14.6 Å². The van der Waals surface area contributed by atoms with Crippen LogP contribution in [0.15, 0.2) is 24.3 Å². The molecule has 118 valence electrons. The van der Waals surface area contributed by atoms with Crippen LogP contribution in [-0.4, -0.2) is 36.6 Å². The van der Waals surface area contributed by atoms with E-state index in [0.29, 0.717) is 6.61 Å². The van der Waals surface area contributed by atoms with Crippen molar-refractivity contribution in [1.29, 1.82) is 0 Å². The second-order valence-corrected chi connectivity index (χ2v) is 6.30. The molecular formula is C17H27NO3. The van der Waals surface area contributed by atoms with Gasteiger partial charge in [0.1, 0.15) is 12.4 Å². The highest BCUT2D eigenvalue weighted by Gasteiger charge is 2.17. The lowest BCUT2D eigenvalue weighted by atomic mass is 10.0. The molecule has 1 saturated heterocycles. The molecule has 0 aromatic heterocycles. The monoisotopic (exact) mass is 293 g/mol. The molecule has 1 fully saturated rings. The molecule has 0 radical (unpaired) electrons. The van der Waals surface area contributed by atoms with E-state index in [1.165, 1.54) is 5.56 Å². The molecule has 0 saturated carbocycles. The number of aliphatic hydroxyl groups excluding tert-OH is 1. The van der Waals surface area contributed by atoms with Crippen LogP contribution in [0.2, 0.25) is 0 Å². The van der Waals surface area contributed by atoms with Crippen LogP contribution < -0.4 is 10.1 Å². The predicted molar refractivity (Wildman–Crippen MR) is 83.5 cm³/mol. The van der Waals surface area contributed by atoms with Gasteiger partial charge in [0.05, 0.1) is 6.10 Å². The van der Waals surface area contributed by atoms with Gasteiger partial charge in [-0.15, -0.1) is 0 Å². The van der Waals surface area contributed by atoms with Crippen molar-refractivity contribution in [3.8, 4) is 5.75 Å². The third-order valence-electron chi connectivity index (χ3n) is 3.89. The van der Waals surface area contributed by atoms with Crippen LogP contribution in [-0.2, 0) is 11.3 Å². The molecule has 0 bridgehead atoms. The van der Waals surface area contributed by atoms with Gasteiger partial charge in [0, 0.05) is 25.3 Å². The van der Waals surface area contributed by atoms with Crippen molar-refractivity contribution in [2.24, 2.45) is 0 Å². The quantitative estimate of drug-likeness (QED) is 0.773. The van der Waals surface area contributed by atoms with Crippen molar-refractivity contribution in [3.05, 3.63) is 29.8 Å². The maximum absolute atomic E-state index is 9.02. The Labute approximate surface area is 127 Å². The molecule has 2 rings (SSSR count). The third kappa shape index (κ3) is 5.65. The Bertz CT molecular complexity index is 411. The van der Waals surface area contributed by atoms with Gasteiger partial charge in [-0.2, -0.15) is 0 Å². The summed E-state index contributed by atoms with van der Waals surface area (Å²) in [6.07, 6.45) is 3.24. The van der Waals surface area contributed by atoms with Crippen molar-refractivity contribution in [1.82, 2.24) is 5.32 Å². The fourth-order valence-electron chi connectivity index (χ4n) is 2.38. The van der Waals surface area contributed by atoms with Gasteiger partial charge in [-0.3, -0.25) is 0 Å². The Morgan fingerprint density at radius 3 is 2.71 bits per heavy atom. The lowest BCUT2D eigenvalue weighted by Gasteiger charge is -2.25. The molecule has 2 N–H and O–H groups in total. The normalized spacial score (nSPS) is 18.9. The molecule has 0 aliphatic carbocycles. The fourth-order valence-corrected chi connectivity index (χ4v) is 2.38. The number of aliphatic hydroxyl groups is 1. The number of nitrogens with one attached hydrogen (secondary N) is 1. The second kappa shape index (κ2) is 7.78. The highest BCUT2D eigenvalue weighted by molar-refractivity contribution is 5.27. The number of hydrogen-bond acceptors (Lipinski definition) is 4. The van der Waals surface area contributed by atoms with Gasteiger partial charge in [0.15, 0.2) is 0 Å². The smallest absolute Gasteiger partial charge is 0.119 e. The highest BCUT2D eigenvalue weighted by atomic mass is 16.5. The SMILES string of the molecule is CC(C)(CCO)NCc1ccc(OCC2CCCO2)cc1. The average Bonchev–Trinajstić information content (AvgIpc) is 2.97. The van der Waals surface area contributed by atoms with Crippen molar-refractivity contribution in [2.75, 3.05) is 19.8 Å². The van der Waals surface area contributed by atoms with Crippen LogP contribution in [0.25, 0.3) is 0 Å². The van der Waals surface area contributed by atoms with Crippen LogP contribution in [0.5, 0.6) is 5.75 Å². The summed E-state index contributed by atoms with van der Waals surface area (Å²) in [6.45, 7) is 6.70. The first-order valence-corrected chi connectivity index (χ1v) is 7.78. The van der Waals surface area contributed by atoms with Gasteiger partial charge in [0.25, 0.3) is 0 Å². The first-order chi connectivity index (χ1) is 10.1. The first kappa shape index (κ1) is 16.3. The maximum Gasteiger partial charge on any atom is 0.119 e. The molecule has 1 unspecified atom stereocenters. The van der Waals surface area contributed by atoms with Crippen LogP contribution in [0, 0.1) is 0 Å². The summed E-state index contributed by atoms with van der Waals surface area (Å²) in [7, 11) is 0. The summed E-state index contributed by atoms with van der Waals surface area (Å²) in [5, 5.41) is 12.5. The number of ether oxygens (including phenoxy) is 2. The second-order valence-electron chi connectivity index (χ2n) is 6.30. The molecule has 1 aliphatic rings. The Morgan fingerprint density at radius 2 is 2.10 bits per heavy atom. The van der Waals surface area contributed by atoms with Crippen LogP contribution in [0.4, 0.5) is 0 Å². The number of benzene rings is 1. The fraction of sp³-hybridized carbons (Fsp3) is 0.647.